The molecule has 1 N–H and O–H groups in total. The number of hydrogen-bond donors (Lipinski definition) is 1. The summed E-state index contributed by atoms with van der Waals surface area (Å²) in [6, 6.07) is 11.2. The van der Waals surface area contributed by atoms with Crippen molar-refractivity contribution in [1.29, 1.82) is 0 Å². The maximum absolute atomic E-state index is 9.30. The number of nitrogens with zero attached hydrogens (tertiary/aromatic N) is 2. The summed E-state index contributed by atoms with van der Waals surface area (Å²) in [6.45, 7) is 10.3. The Morgan fingerprint density at radius 2 is 1.95 bits per heavy atom. The normalized spacial score (nSPS) is 21.5. The van der Waals surface area contributed by atoms with Crippen molar-refractivity contribution in [2.75, 3.05) is 32.8 Å². The molecule has 3 nitrogen and oxygen atoms in total. The number of hydrogen-bond acceptors (Lipinski definition) is 3. The predicted molar refractivity (Wildman–Crippen MR) is 83.6 cm³/mol. The zero-order valence-corrected chi connectivity index (χ0v) is 12.8. The minimum absolute atomic E-state index is 0.290. The second-order valence-electron chi connectivity index (χ2n) is 6.28. The molecule has 0 radical (unpaired) electrons. The minimum atomic E-state index is 0.290. The lowest BCUT2D eigenvalue weighted by molar-refractivity contribution is 0.0477. The zero-order chi connectivity index (χ0) is 14.4. The van der Waals surface area contributed by atoms with Gasteiger partial charge in [0.1, 0.15) is 0 Å². The Kier molecular flexibility index (Phi) is 6.02. The quantitative estimate of drug-likeness (QED) is 0.863. The van der Waals surface area contributed by atoms with Crippen LogP contribution in [0.15, 0.2) is 30.3 Å². The van der Waals surface area contributed by atoms with E-state index in [0.29, 0.717) is 18.6 Å². The first kappa shape index (κ1) is 15.5. The molecule has 0 aromatic heterocycles. The van der Waals surface area contributed by atoms with Crippen LogP contribution in [0.1, 0.15) is 25.8 Å². The molecule has 0 spiro atoms. The van der Waals surface area contributed by atoms with Gasteiger partial charge in [0, 0.05) is 45.4 Å². The van der Waals surface area contributed by atoms with E-state index in [1.807, 2.05) is 0 Å². The van der Waals surface area contributed by atoms with Crippen LogP contribution in [-0.2, 0) is 6.54 Å². The lowest BCUT2D eigenvalue weighted by Gasteiger charge is -2.42. The van der Waals surface area contributed by atoms with Crippen LogP contribution in [0.2, 0.25) is 0 Å². The van der Waals surface area contributed by atoms with Crippen molar-refractivity contribution in [3.8, 4) is 0 Å². The van der Waals surface area contributed by atoms with Gasteiger partial charge >= 0.3 is 0 Å². The van der Waals surface area contributed by atoms with Gasteiger partial charge in [0.2, 0.25) is 0 Å². The Hall–Kier alpha value is -0.900. The molecule has 1 aliphatic rings. The van der Waals surface area contributed by atoms with Crippen LogP contribution in [0, 0.1) is 5.92 Å². The second-order valence-corrected chi connectivity index (χ2v) is 6.28. The van der Waals surface area contributed by atoms with Crippen molar-refractivity contribution >= 4 is 0 Å². The first-order chi connectivity index (χ1) is 9.69. The maximum Gasteiger partial charge on any atom is 0.0446 e. The van der Waals surface area contributed by atoms with Gasteiger partial charge in [-0.3, -0.25) is 9.80 Å². The number of benzene rings is 1. The highest BCUT2D eigenvalue weighted by Gasteiger charge is 2.26. The average Bonchev–Trinajstić information content (AvgIpc) is 2.43. The van der Waals surface area contributed by atoms with Gasteiger partial charge in [0.05, 0.1) is 0 Å². The Labute approximate surface area is 123 Å². The van der Waals surface area contributed by atoms with E-state index >= 15 is 0 Å². The molecule has 0 amide bonds. The van der Waals surface area contributed by atoms with Crippen LogP contribution >= 0.6 is 0 Å². The van der Waals surface area contributed by atoms with Crippen LogP contribution in [0.5, 0.6) is 0 Å². The SMILES string of the molecule is CC(C)CN1CCN(Cc2ccccc2)CC1CCO. The van der Waals surface area contributed by atoms with Gasteiger partial charge in [0.15, 0.2) is 0 Å². The number of aliphatic hydroxyl groups excluding tert-OH is 1. The van der Waals surface area contributed by atoms with Crippen molar-refractivity contribution in [2.45, 2.75) is 32.9 Å². The number of rotatable bonds is 6. The van der Waals surface area contributed by atoms with Crippen molar-refractivity contribution < 1.29 is 5.11 Å². The first-order valence-corrected chi connectivity index (χ1v) is 7.80. The summed E-state index contributed by atoms with van der Waals surface area (Å²) in [6.07, 6.45) is 0.887. The molecular formula is C17H28N2O. The van der Waals surface area contributed by atoms with Crippen molar-refractivity contribution in [1.82, 2.24) is 9.80 Å². The van der Waals surface area contributed by atoms with E-state index in [0.717, 1.165) is 39.1 Å². The third kappa shape index (κ3) is 4.58. The lowest BCUT2D eigenvalue weighted by Crippen LogP contribution is -2.53. The van der Waals surface area contributed by atoms with E-state index in [4.69, 9.17) is 0 Å². The summed E-state index contributed by atoms with van der Waals surface area (Å²) >= 11 is 0. The summed E-state index contributed by atoms with van der Waals surface area (Å²) in [7, 11) is 0. The molecule has 1 aliphatic heterocycles. The molecule has 112 valence electrons. The van der Waals surface area contributed by atoms with E-state index in [1.54, 1.807) is 0 Å². The van der Waals surface area contributed by atoms with Gasteiger partial charge in [0.25, 0.3) is 0 Å². The van der Waals surface area contributed by atoms with Gasteiger partial charge in [-0.15, -0.1) is 0 Å². The van der Waals surface area contributed by atoms with E-state index in [1.165, 1.54) is 5.56 Å². The maximum atomic E-state index is 9.30. The van der Waals surface area contributed by atoms with Crippen LogP contribution < -0.4 is 0 Å². The molecule has 1 fully saturated rings. The third-order valence-electron chi connectivity index (χ3n) is 4.00. The van der Waals surface area contributed by atoms with Gasteiger partial charge in [-0.2, -0.15) is 0 Å². The van der Waals surface area contributed by atoms with E-state index in [-0.39, 0.29) is 0 Å². The van der Waals surface area contributed by atoms with Crippen LogP contribution in [0.4, 0.5) is 0 Å². The summed E-state index contributed by atoms with van der Waals surface area (Å²) in [5.41, 5.74) is 1.38. The summed E-state index contributed by atoms with van der Waals surface area (Å²) in [4.78, 5) is 5.08. The molecule has 0 aliphatic carbocycles. The predicted octanol–water partition coefficient (Wildman–Crippen LogP) is 2.21. The van der Waals surface area contributed by atoms with Crippen LogP contribution in [0.25, 0.3) is 0 Å². The van der Waals surface area contributed by atoms with Crippen LogP contribution in [-0.4, -0.2) is 53.7 Å². The largest absolute Gasteiger partial charge is 0.396 e. The fourth-order valence-corrected chi connectivity index (χ4v) is 3.07. The molecule has 0 saturated carbocycles. The Bertz CT molecular complexity index is 380. The highest BCUT2D eigenvalue weighted by atomic mass is 16.3. The molecule has 1 heterocycles. The Morgan fingerprint density at radius 1 is 1.20 bits per heavy atom. The highest BCUT2D eigenvalue weighted by Crippen LogP contribution is 2.17. The standard InChI is InChI=1S/C17H28N2O/c1-15(2)12-19-10-9-18(14-17(19)8-11-20)13-16-6-4-3-5-7-16/h3-7,15,17,20H,8-14H2,1-2H3. The van der Waals surface area contributed by atoms with E-state index < -0.39 is 0 Å². The van der Waals surface area contributed by atoms with Gasteiger partial charge < -0.3 is 5.11 Å². The van der Waals surface area contributed by atoms with E-state index in [2.05, 4.69) is 54.0 Å². The summed E-state index contributed by atoms with van der Waals surface area (Å²) < 4.78 is 0. The number of aliphatic hydroxyl groups is 1. The van der Waals surface area contributed by atoms with Crippen molar-refractivity contribution in [3.05, 3.63) is 35.9 Å². The van der Waals surface area contributed by atoms with Gasteiger partial charge in [-0.25, -0.2) is 0 Å². The topological polar surface area (TPSA) is 26.7 Å². The Morgan fingerprint density at radius 3 is 2.60 bits per heavy atom. The highest BCUT2D eigenvalue weighted by molar-refractivity contribution is 5.14. The third-order valence-corrected chi connectivity index (χ3v) is 4.00. The van der Waals surface area contributed by atoms with Crippen LogP contribution in [0.3, 0.4) is 0 Å². The molecule has 2 rings (SSSR count). The molecular weight excluding hydrogens is 248 g/mol. The molecule has 1 unspecified atom stereocenters. The summed E-state index contributed by atoms with van der Waals surface area (Å²) in [5.74, 6) is 0.692. The fraction of sp³-hybridized carbons (Fsp3) is 0.647. The molecule has 1 aromatic rings. The summed E-state index contributed by atoms with van der Waals surface area (Å²) in [5, 5.41) is 9.30. The molecule has 1 atom stereocenters. The van der Waals surface area contributed by atoms with Crippen molar-refractivity contribution in [3.63, 3.8) is 0 Å². The lowest BCUT2D eigenvalue weighted by atomic mass is 10.1. The smallest absolute Gasteiger partial charge is 0.0446 e. The van der Waals surface area contributed by atoms with Crippen molar-refractivity contribution in [2.24, 2.45) is 5.92 Å². The number of piperazine rings is 1. The minimum Gasteiger partial charge on any atom is -0.396 e. The molecule has 0 bridgehead atoms. The molecule has 20 heavy (non-hydrogen) atoms. The Balaban J connectivity index is 1.92. The molecule has 1 saturated heterocycles. The first-order valence-electron chi connectivity index (χ1n) is 7.80. The monoisotopic (exact) mass is 276 g/mol. The van der Waals surface area contributed by atoms with E-state index in [9.17, 15) is 5.11 Å². The second kappa shape index (κ2) is 7.77. The van der Waals surface area contributed by atoms with Gasteiger partial charge in [-0.1, -0.05) is 44.2 Å². The molecule has 1 aromatic carbocycles. The zero-order valence-electron chi connectivity index (χ0n) is 12.8. The average molecular weight is 276 g/mol. The molecule has 3 heteroatoms. The fourth-order valence-electron chi connectivity index (χ4n) is 3.07. The van der Waals surface area contributed by atoms with Gasteiger partial charge in [-0.05, 0) is 17.9 Å².